The number of halogens is 1. The van der Waals surface area contributed by atoms with Crippen molar-refractivity contribution in [1.29, 1.82) is 0 Å². The zero-order valence-electron chi connectivity index (χ0n) is 29.3. The van der Waals surface area contributed by atoms with Gasteiger partial charge in [-0.25, -0.2) is 15.0 Å². The molecule has 1 amide bonds. The van der Waals surface area contributed by atoms with Crippen LogP contribution in [-0.2, 0) is 21.5 Å². The zero-order chi connectivity index (χ0) is 35.7. The maximum atomic E-state index is 12.5. The molecule has 1 N–H and O–H groups in total. The molecule has 262 valence electrons. The lowest BCUT2D eigenvalue weighted by atomic mass is 9.48. The molecule has 4 bridgehead atoms. The first-order valence-electron chi connectivity index (χ1n) is 18.4. The van der Waals surface area contributed by atoms with Crippen molar-refractivity contribution in [1.82, 2.24) is 19.5 Å². The van der Waals surface area contributed by atoms with Gasteiger partial charge in [0.1, 0.15) is 24.2 Å². The van der Waals surface area contributed by atoms with Gasteiger partial charge in [0.15, 0.2) is 11.4 Å². The highest BCUT2D eigenvalue weighted by molar-refractivity contribution is 6.32. The predicted molar refractivity (Wildman–Crippen MR) is 202 cm³/mol. The third kappa shape index (κ3) is 5.68. The number of hydrogen-bond acceptors (Lipinski definition) is 6. The summed E-state index contributed by atoms with van der Waals surface area (Å²) in [7, 11) is 0. The van der Waals surface area contributed by atoms with E-state index < -0.39 is 0 Å². The summed E-state index contributed by atoms with van der Waals surface area (Å²) in [6.07, 6.45) is 16.9. The molecule has 0 radical (unpaired) electrons. The molecular formula is C43H40ClN5O3. The van der Waals surface area contributed by atoms with E-state index in [-0.39, 0.29) is 35.9 Å². The van der Waals surface area contributed by atoms with Crippen molar-refractivity contribution in [2.24, 2.45) is 23.7 Å². The number of benzene rings is 3. The van der Waals surface area contributed by atoms with Crippen molar-refractivity contribution in [3.05, 3.63) is 106 Å². The van der Waals surface area contributed by atoms with E-state index >= 15 is 0 Å². The van der Waals surface area contributed by atoms with E-state index in [1.54, 1.807) is 35.3 Å². The minimum Gasteiger partial charge on any atom is -0.325 e. The monoisotopic (exact) mass is 709 g/mol. The van der Waals surface area contributed by atoms with Gasteiger partial charge >= 0.3 is 0 Å². The van der Waals surface area contributed by atoms with Crippen LogP contribution in [0, 0.1) is 23.7 Å². The topological polar surface area (TPSA) is 107 Å². The number of imidazole rings is 1. The first kappa shape index (κ1) is 32.9. The number of ketones is 2. The fraction of sp³-hybridized carbons (Fsp3) is 0.349. The van der Waals surface area contributed by atoms with Crippen molar-refractivity contribution in [3.8, 4) is 11.1 Å². The Labute approximate surface area is 307 Å². The second kappa shape index (κ2) is 12.6. The van der Waals surface area contributed by atoms with Crippen LogP contribution in [0.5, 0.6) is 0 Å². The fourth-order valence-corrected chi connectivity index (χ4v) is 10.5. The van der Waals surface area contributed by atoms with E-state index in [0.29, 0.717) is 21.6 Å². The number of hydrogen-bond donors (Lipinski definition) is 1. The van der Waals surface area contributed by atoms with Gasteiger partial charge in [-0.05, 0) is 125 Å². The molecule has 3 aromatic carbocycles. The molecule has 11 rings (SSSR count). The summed E-state index contributed by atoms with van der Waals surface area (Å²) in [4.78, 5) is 49.6. The van der Waals surface area contributed by atoms with E-state index in [1.807, 2.05) is 38.1 Å². The molecule has 2 unspecified atom stereocenters. The molecule has 2 heterocycles. The number of nitrogens with one attached hydrogen (secondary N) is 1. The number of carbonyl (C=O) groups is 3. The Bertz CT molecular complexity index is 2380. The van der Waals surface area contributed by atoms with Crippen LogP contribution in [-0.4, -0.2) is 37.0 Å². The van der Waals surface area contributed by atoms with Gasteiger partial charge in [-0.1, -0.05) is 61.9 Å². The maximum absolute atomic E-state index is 12.5. The van der Waals surface area contributed by atoms with Gasteiger partial charge in [-0.3, -0.25) is 14.4 Å². The van der Waals surface area contributed by atoms with E-state index in [9.17, 15) is 14.4 Å². The molecule has 4 saturated carbocycles. The van der Waals surface area contributed by atoms with Crippen molar-refractivity contribution in [2.45, 2.75) is 70.3 Å². The third-order valence-corrected chi connectivity index (χ3v) is 12.6. The molecule has 6 aliphatic rings. The molecule has 2 atom stereocenters. The average molecular weight is 710 g/mol. The van der Waals surface area contributed by atoms with Crippen LogP contribution >= 0.6 is 11.6 Å². The Morgan fingerprint density at radius 1 is 0.885 bits per heavy atom. The number of carbonyl (C=O) groups excluding carboxylic acids is 3. The van der Waals surface area contributed by atoms with Crippen molar-refractivity contribution < 1.29 is 14.4 Å². The fourth-order valence-electron chi connectivity index (χ4n) is 10.3. The van der Waals surface area contributed by atoms with Gasteiger partial charge in [0.25, 0.3) is 0 Å². The van der Waals surface area contributed by atoms with Crippen molar-refractivity contribution in [3.63, 3.8) is 0 Å². The Morgan fingerprint density at radius 2 is 1.60 bits per heavy atom. The maximum Gasteiger partial charge on any atom is 0.244 e. The highest BCUT2D eigenvalue weighted by Gasteiger charge is 2.51. The SMILES string of the molecule is CC1C=c2c(ccc3c2=CC(=O)c2cc(Cl)ccc2-3)C(C)C1=O.O=C(Cn1cnc2ncncc21)Nc1ccc(C23CC4CC(CC(C4)C2)C3)cc1. The number of nitrogens with zero attached hydrogens (tertiary/aromatic N) is 4. The number of Topliss-reactive ketones (excluding diaryl/α,β-unsaturated/α-hetero) is 2. The smallest absolute Gasteiger partial charge is 0.244 e. The van der Waals surface area contributed by atoms with Crippen LogP contribution in [0.25, 0.3) is 34.4 Å². The van der Waals surface area contributed by atoms with Gasteiger partial charge in [0, 0.05) is 28.1 Å². The van der Waals surface area contributed by atoms with Crippen LogP contribution in [0.4, 0.5) is 5.69 Å². The van der Waals surface area contributed by atoms with Crippen LogP contribution in [0.15, 0.2) is 73.4 Å². The van der Waals surface area contributed by atoms with Gasteiger partial charge < -0.3 is 9.88 Å². The quantitative estimate of drug-likeness (QED) is 0.215. The molecule has 6 aliphatic carbocycles. The predicted octanol–water partition coefficient (Wildman–Crippen LogP) is 7.02. The molecule has 5 aromatic rings. The lowest BCUT2D eigenvalue weighted by Crippen LogP contribution is -2.48. The largest absolute Gasteiger partial charge is 0.325 e. The highest BCUT2D eigenvalue weighted by Crippen LogP contribution is 2.60. The number of anilines is 1. The Kier molecular flexibility index (Phi) is 7.99. The summed E-state index contributed by atoms with van der Waals surface area (Å²) in [6.45, 7) is 4.05. The summed E-state index contributed by atoms with van der Waals surface area (Å²) in [5.41, 5.74) is 7.67. The summed E-state index contributed by atoms with van der Waals surface area (Å²) in [5, 5.41) is 5.53. The van der Waals surface area contributed by atoms with Crippen LogP contribution < -0.4 is 15.8 Å². The second-order valence-corrected chi connectivity index (χ2v) is 16.2. The normalized spacial score (nSPS) is 26.3. The number of fused-ring (bicyclic) bond motifs is 6. The third-order valence-electron chi connectivity index (χ3n) is 12.3. The number of aromatic nitrogens is 4. The first-order valence-corrected chi connectivity index (χ1v) is 18.8. The van der Waals surface area contributed by atoms with Gasteiger partial charge in [0.2, 0.25) is 5.91 Å². The zero-order valence-corrected chi connectivity index (χ0v) is 30.1. The Balaban J connectivity index is 0.000000142. The second-order valence-electron chi connectivity index (χ2n) is 15.7. The van der Waals surface area contributed by atoms with E-state index in [0.717, 1.165) is 56.1 Å². The molecule has 0 saturated heterocycles. The van der Waals surface area contributed by atoms with Crippen LogP contribution in [0.2, 0.25) is 5.02 Å². The Hall–Kier alpha value is -4.95. The molecule has 2 aromatic heterocycles. The van der Waals surface area contributed by atoms with Crippen LogP contribution in [0.1, 0.15) is 79.8 Å². The molecule has 0 spiro atoms. The van der Waals surface area contributed by atoms with Gasteiger partial charge in [-0.2, -0.15) is 0 Å². The highest BCUT2D eigenvalue weighted by atomic mass is 35.5. The lowest BCUT2D eigenvalue weighted by Gasteiger charge is -2.57. The standard InChI is InChI=1S/C23H25N5O.C20H15ClO2/c29-21(12-28-14-26-22-20(28)11-24-13-25-22)27-19-3-1-18(2-4-19)23-8-15-5-16(9-23)7-17(6-15)10-23;1-10-7-16-13(11(2)20(10)23)5-6-14-15-4-3-12(21)8-18(15)19(22)9-17(14)16/h1-4,11,13-17H,5-10,12H2,(H,27,29);3-11H,1-2H3. The lowest BCUT2D eigenvalue weighted by molar-refractivity contribution is -0.122. The van der Waals surface area contributed by atoms with Crippen LogP contribution in [0.3, 0.4) is 0 Å². The molecule has 52 heavy (non-hydrogen) atoms. The van der Waals surface area contributed by atoms with Crippen molar-refractivity contribution >= 4 is 58.1 Å². The molecule has 9 heteroatoms. The average Bonchev–Trinajstić information content (AvgIpc) is 3.53. The number of rotatable bonds is 4. The van der Waals surface area contributed by atoms with Gasteiger partial charge in [0.05, 0.1) is 12.5 Å². The summed E-state index contributed by atoms with van der Waals surface area (Å²) >= 11 is 6.03. The number of amides is 1. The van der Waals surface area contributed by atoms with E-state index in [4.69, 9.17) is 11.6 Å². The minimum absolute atomic E-state index is 0.0333. The first-order chi connectivity index (χ1) is 25.1. The minimum atomic E-state index is -0.134. The van der Waals surface area contributed by atoms with Crippen molar-refractivity contribution in [2.75, 3.05) is 5.32 Å². The summed E-state index contributed by atoms with van der Waals surface area (Å²) in [5.74, 6) is 2.68. The molecule has 0 aliphatic heterocycles. The summed E-state index contributed by atoms with van der Waals surface area (Å²) in [6, 6.07) is 18.1. The summed E-state index contributed by atoms with van der Waals surface area (Å²) < 4.78 is 1.77. The molecule has 4 fully saturated rings. The van der Waals surface area contributed by atoms with Gasteiger partial charge in [-0.15, -0.1) is 0 Å². The Morgan fingerprint density at radius 3 is 2.33 bits per heavy atom. The molecular weight excluding hydrogens is 670 g/mol. The van der Waals surface area contributed by atoms with E-state index in [2.05, 4.69) is 44.5 Å². The van der Waals surface area contributed by atoms with E-state index in [1.165, 1.54) is 50.4 Å². The molecule has 8 nitrogen and oxygen atoms in total.